The Hall–Kier alpha value is -1.64. The van der Waals surface area contributed by atoms with Crippen molar-refractivity contribution >= 4 is 11.0 Å². The average Bonchev–Trinajstić information content (AvgIpc) is 2.15. The zero-order valence-corrected chi connectivity index (χ0v) is 9.16. The first kappa shape index (κ1) is 9.90. The van der Waals surface area contributed by atoms with Gasteiger partial charge in [0.15, 0.2) is 0 Å². The molecule has 0 aliphatic heterocycles. The molecule has 0 amide bonds. The Balaban J connectivity index is 2.70. The third kappa shape index (κ3) is 1.91. The summed E-state index contributed by atoms with van der Waals surface area (Å²) in [7, 11) is 0. The van der Waals surface area contributed by atoms with Crippen LogP contribution < -0.4 is 5.56 Å². The summed E-state index contributed by atoms with van der Waals surface area (Å²) in [4.78, 5) is 18.3. The predicted molar refractivity (Wildman–Crippen MR) is 61.1 cm³/mol. The summed E-state index contributed by atoms with van der Waals surface area (Å²) in [6.45, 7) is 6.30. The highest BCUT2D eigenvalue weighted by Crippen LogP contribution is 2.21. The highest BCUT2D eigenvalue weighted by atomic mass is 16.1. The second-order valence-corrected chi connectivity index (χ2v) is 4.71. The molecule has 0 unspecified atom stereocenters. The molecular formula is C12H14N2O. The lowest BCUT2D eigenvalue weighted by molar-refractivity contribution is 0.571. The van der Waals surface area contributed by atoms with Gasteiger partial charge in [0.05, 0.1) is 0 Å². The SMILES string of the molecule is CC(C)(C)c1ccc2ccc(=O)[nH]c2n1. The van der Waals surface area contributed by atoms with E-state index in [1.54, 1.807) is 6.07 Å². The number of hydrogen-bond acceptors (Lipinski definition) is 2. The minimum Gasteiger partial charge on any atom is -0.307 e. The molecule has 3 nitrogen and oxygen atoms in total. The van der Waals surface area contributed by atoms with Gasteiger partial charge < -0.3 is 4.98 Å². The van der Waals surface area contributed by atoms with E-state index in [4.69, 9.17) is 0 Å². The third-order valence-corrected chi connectivity index (χ3v) is 2.35. The quantitative estimate of drug-likeness (QED) is 0.712. The Morgan fingerprint density at radius 3 is 2.47 bits per heavy atom. The lowest BCUT2D eigenvalue weighted by Crippen LogP contribution is -2.14. The highest BCUT2D eigenvalue weighted by Gasteiger charge is 2.15. The lowest BCUT2D eigenvalue weighted by Gasteiger charge is -2.17. The van der Waals surface area contributed by atoms with Crippen molar-refractivity contribution in [2.24, 2.45) is 0 Å². The molecule has 0 spiro atoms. The smallest absolute Gasteiger partial charge is 0.249 e. The fourth-order valence-electron chi connectivity index (χ4n) is 1.45. The predicted octanol–water partition coefficient (Wildman–Crippen LogP) is 2.22. The van der Waals surface area contributed by atoms with Crippen LogP contribution in [0.1, 0.15) is 26.5 Å². The van der Waals surface area contributed by atoms with Crippen LogP contribution in [0.5, 0.6) is 0 Å². The number of pyridine rings is 2. The number of nitrogens with zero attached hydrogens (tertiary/aromatic N) is 1. The summed E-state index contributed by atoms with van der Waals surface area (Å²) in [5.74, 6) is 0. The maximum atomic E-state index is 11.1. The van der Waals surface area contributed by atoms with E-state index in [9.17, 15) is 4.79 Å². The van der Waals surface area contributed by atoms with Gasteiger partial charge in [-0.25, -0.2) is 4.98 Å². The van der Waals surface area contributed by atoms with E-state index in [0.29, 0.717) is 5.65 Å². The van der Waals surface area contributed by atoms with E-state index in [1.807, 2.05) is 12.1 Å². The monoisotopic (exact) mass is 202 g/mol. The maximum absolute atomic E-state index is 11.1. The largest absolute Gasteiger partial charge is 0.307 e. The molecule has 78 valence electrons. The van der Waals surface area contributed by atoms with Crippen LogP contribution in [-0.4, -0.2) is 9.97 Å². The van der Waals surface area contributed by atoms with Crippen molar-refractivity contribution in [2.75, 3.05) is 0 Å². The fourth-order valence-corrected chi connectivity index (χ4v) is 1.45. The van der Waals surface area contributed by atoms with Crippen LogP contribution in [0.3, 0.4) is 0 Å². The van der Waals surface area contributed by atoms with Crippen LogP contribution in [0.2, 0.25) is 0 Å². The first-order valence-electron chi connectivity index (χ1n) is 4.97. The molecule has 0 aliphatic carbocycles. The number of fused-ring (bicyclic) bond motifs is 1. The number of aromatic nitrogens is 2. The van der Waals surface area contributed by atoms with Crippen LogP contribution in [0.15, 0.2) is 29.1 Å². The molecule has 0 fully saturated rings. The number of hydrogen-bond donors (Lipinski definition) is 1. The summed E-state index contributed by atoms with van der Waals surface area (Å²) >= 11 is 0. The number of rotatable bonds is 0. The molecule has 2 aromatic rings. The van der Waals surface area contributed by atoms with E-state index >= 15 is 0 Å². The zero-order valence-electron chi connectivity index (χ0n) is 9.16. The second kappa shape index (κ2) is 3.19. The summed E-state index contributed by atoms with van der Waals surface area (Å²) in [6.07, 6.45) is 0. The first-order valence-corrected chi connectivity index (χ1v) is 4.97. The van der Waals surface area contributed by atoms with Gasteiger partial charge >= 0.3 is 0 Å². The third-order valence-electron chi connectivity index (χ3n) is 2.35. The van der Waals surface area contributed by atoms with Gasteiger partial charge in [0.2, 0.25) is 5.56 Å². The molecule has 1 N–H and O–H groups in total. The molecule has 2 rings (SSSR count). The average molecular weight is 202 g/mol. The Morgan fingerprint density at radius 2 is 1.80 bits per heavy atom. The summed E-state index contributed by atoms with van der Waals surface area (Å²) in [6, 6.07) is 7.29. The summed E-state index contributed by atoms with van der Waals surface area (Å²) < 4.78 is 0. The van der Waals surface area contributed by atoms with E-state index in [1.165, 1.54) is 6.07 Å². The Kier molecular flexibility index (Phi) is 2.11. The standard InChI is InChI=1S/C12H14N2O/c1-12(2,3)9-6-4-8-5-7-10(15)14-11(8)13-9/h4-7H,1-3H3,(H,13,14,15). The van der Waals surface area contributed by atoms with Crippen LogP contribution >= 0.6 is 0 Å². The molecule has 0 saturated carbocycles. The first-order chi connectivity index (χ1) is 6.97. The van der Waals surface area contributed by atoms with Crippen molar-refractivity contribution in [3.63, 3.8) is 0 Å². The topological polar surface area (TPSA) is 45.8 Å². The molecule has 0 bridgehead atoms. The zero-order chi connectivity index (χ0) is 11.1. The number of H-pyrrole nitrogens is 1. The van der Waals surface area contributed by atoms with Gasteiger partial charge in [-0.1, -0.05) is 20.8 Å². The second-order valence-electron chi connectivity index (χ2n) is 4.71. The van der Waals surface area contributed by atoms with Crippen molar-refractivity contribution in [2.45, 2.75) is 26.2 Å². The molecule has 3 heteroatoms. The van der Waals surface area contributed by atoms with E-state index in [-0.39, 0.29) is 11.0 Å². The van der Waals surface area contributed by atoms with Crippen molar-refractivity contribution in [3.8, 4) is 0 Å². The van der Waals surface area contributed by atoms with E-state index in [2.05, 4.69) is 30.7 Å². The van der Waals surface area contributed by atoms with Crippen molar-refractivity contribution in [1.29, 1.82) is 0 Å². The van der Waals surface area contributed by atoms with Crippen LogP contribution in [0.4, 0.5) is 0 Å². The molecule has 0 atom stereocenters. The molecule has 0 saturated heterocycles. The highest BCUT2D eigenvalue weighted by molar-refractivity contribution is 5.74. The fraction of sp³-hybridized carbons (Fsp3) is 0.333. The minimum atomic E-state index is -0.110. The number of nitrogens with one attached hydrogen (secondary N) is 1. The van der Waals surface area contributed by atoms with E-state index in [0.717, 1.165) is 11.1 Å². The molecule has 2 aromatic heterocycles. The molecule has 0 aliphatic rings. The van der Waals surface area contributed by atoms with Gasteiger partial charge in [0.25, 0.3) is 0 Å². The molecule has 0 radical (unpaired) electrons. The van der Waals surface area contributed by atoms with Gasteiger partial charge in [0.1, 0.15) is 5.65 Å². The van der Waals surface area contributed by atoms with Crippen LogP contribution in [-0.2, 0) is 5.41 Å². The summed E-state index contributed by atoms with van der Waals surface area (Å²) in [5, 5.41) is 0.961. The summed E-state index contributed by atoms with van der Waals surface area (Å²) in [5.41, 5.74) is 1.54. The van der Waals surface area contributed by atoms with Crippen molar-refractivity contribution < 1.29 is 0 Å². The van der Waals surface area contributed by atoms with Crippen LogP contribution in [0.25, 0.3) is 11.0 Å². The molecule has 2 heterocycles. The van der Waals surface area contributed by atoms with Gasteiger partial charge in [0, 0.05) is 22.6 Å². The van der Waals surface area contributed by atoms with Crippen LogP contribution in [0, 0.1) is 0 Å². The Morgan fingerprint density at radius 1 is 1.13 bits per heavy atom. The van der Waals surface area contributed by atoms with Crippen molar-refractivity contribution in [3.05, 3.63) is 40.3 Å². The van der Waals surface area contributed by atoms with Gasteiger partial charge in [-0.3, -0.25) is 4.79 Å². The van der Waals surface area contributed by atoms with Crippen molar-refractivity contribution in [1.82, 2.24) is 9.97 Å². The van der Waals surface area contributed by atoms with E-state index < -0.39 is 0 Å². The lowest BCUT2D eigenvalue weighted by atomic mass is 9.91. The number of aromatic amines is 1. The Labute approximate surface area is 88.2 Å². The maximum Gasteiger partial charge on any atom is 0.249 e. The van der Waals surface area contributed by atoms with Gasteiger partial charge in [-0.15, -0.1) is 0 Å². The minimum absolute atomic E-state index is 0.000912. The molecule has 0 aromatic carbocycles. The molecular weight excluding hydrogens is 188 g/mol. The molecule has 15 heavy (non-hydrogen) atoms. The normalized spacial score (nSPS) is 11.9. The van der Waals surface area contributed by atoms with Gasteiger partial charge in [-0.05, 0) is 18.2 Å². The van der Waals surface area contributed by atoms with Gasteiger partial charge in [-0.2, -0.15) is 0 Å². The Bertz CT molecular complexity index is 549.